The van der Waals surface area contributed by atoms with E-state index in [1.807, 2.05) is 24.3 Å². The molecule has 0 aliphatic carbocycles. The number of nitrogens with zero attached hydrogens (tertiary/aromatic N) is 2. The summed E-state index contributed by atoms with van der Waals surface area (Å²) in [5, 5.41) is 11.0. The van der Waals surface area contributed by atoms with Crippen LogP contribution in [-0.4, -0.2) is 73.0 Å². The number of rotatable bonds is 8. The van der Waals surface area contributed by atoms with Crippen LogP contribution < -0.4 is 0 Å². The molecule has 2 saturated heterocycles. The van der Waals surface area contributed by atoms with Gasteiger partial charge < -0.3 is 14.7 Å². The maximum atomic E-state index is 13.4. The number of benzene rings is 2. The lowest BCUT2D eigenvalue weighted by atomic mass is 9.87. The summed E-state index contributed by atoms with van der Waals surface area (Å²) in [4.78, 5) is 4.75. The third-order valence-corrected chi connectivity index (χ3v) is 6.92. The van der Waals surface area contributed by atoms with Gasteiger partial charge in [-0.3, -0.25) is 4.90 Å². The number of likely N-dealkylation sites (tertiary alicyclic amines) is 1. The van der Waals surface area contributed by atoms with Gasteiger partial charge in [-0.05, 0) is 67.6 Å². The first-order valence-corrected chi connectivity index (χ1v) is 11.8. The van der Waals surface area contributed by atoms with E-state index in [2.05, 4.69) is 9.80 Å². The minimum atomic E-state index is -0.599. The summed E-state index contributed by atoms with van der Waals surface area (Å²) in [6.07, 6.45) is 3.49. The predicted octanol–water partition coefficient (Wildman–Crippen LogP) is 4.04. The Bertz CT molecular complexity index is 784. The van der Waals surface area contributed by atoms with E-state index in [9.17, 15) is 13.9 Å². The lowest BCUT2D eigenvalue weighted by Gasteiger charge is -2.41. The summed E-state index contributed by atoms with van der Waals surface area (Å²) in [7, 11) is 0. The van der Waals surface area contributed by atoms with Crippen molar-refractivity contribution < 1.29 is 18.6 Å². The molecular weight excluding hydrogens is 410 g/mol. The fourth-order valence-electron chi connectivity index (χ4n) is 4.96. The molecule has 2 fully saturated rings. The van der Waals surface area contributed by atoms with Crippen molar-refractivity contribution in [1.29, 1.82) is 0 Å². The third kappa shape index (κ3) is 6.35. The number of ether oxygens (including phenoxy) is 1. The molecule has 2 aliphatic heterocycles. The second-order valence-electron chi connectivity index (χ2n) is 9.25. The summed E-state index contributed by atoms with van der Waals surface area (Å²) < 4.78 is 32.3. The highest BCUT2D eigenvalue weighted by atomic mass is 19.1. The van der Waals surface area contributed by atoms with E-state index in [0.29, 0.717) is 0 Å². The van der Waals surface area contributed by atoms with Crippen LogP contribution in [0, 0.1) is 11.6 Å². The number of halogens is 2. The molecule has 0 amide bonds. The van der Waals surface area contributed by atoms with Gasteiger partial charge in [0, 0.05) is 38.6 Å². The second kappa shape index (κ2) is 10.8. The van der Waals surface area contributed by atoms with Gasteiger partial charge in [0.1, 0.15) is 11.6 Å². The van der Waals surface area contributed by atoms with Crippen LogP contribution in [0.1, 0.15) is 42.7 Å². The smallest absolute Gasteiger partial charge is 0.123 e. The van der Waals surface area contributed by atoms with Gasteiger partial charge in [-0.15, -0.1) is 0 Å². The average molecular weight is 445 g/mol. The van der Waals surface area contributed by atoms with Gasteiger partial charge in [-0.1, -0.05) is 24.3 Å². The number of β-amino-alcohol motifs (C(OH)–C–C–N with tert-alkyl or cyclic N) is 1. The maximum absolute atomic E-state index is 13.4. The topological polar surface area (TPSA) is 35.9 Å². The molecule has 6 heteroatoms. The molecule has 0 saturated carbocycles. The maximum Gasteiger partial charge on any atom is 0.123 e. The number of piperidine rings is 1. The van der Waals surface area contributed by atoms with Crippen LogP contribution in [0.3, 0.4) is 0 Å². The molecule has 0 spiro atoms. The van der Waals surface area contributed by atoms with Gasteiger partial charge >= 0.3 is 0 Å². The van der Waals surface area contributed by atoms with Crippen molar-refractivity contribution in [2.24, 2.45) is 0 Å². The van der Waals surface area contributed by atoms with Gasteiger partial charge in [0.2, 0.25) is 0 Å². The van der Waals surface area contributed by atoms with Crippen molar-refractivity contribution in [3.63, 3.8) is 0 Å². The van der Waals surface area contributed by atoms with E-state index in [0.717, 1.165) is 89.3 Å². The van der Waals surface area contributed by atoms with Crippen molar-refractivity contribution in [3.8, 4) is 0 Å². The molecule has 0 atom stereocenters. The average Bonchev–Trinajstić information content (AvgIpc) is 2.80. The fraction of sp³-hybridized carbons (Fsp3) is 0.538. The van der Waals surface area contributed by atoms with E-state index < -0.39 is 5.60 Å². The van der Waals surface area contributed by atoms with Crippen molar-refractivity contribution in [2.75, 3.05) is 52.5 Å². The Morgan fingerprint density at radius 1 is 0.812 bits per heavy atom. The van der Waals surface area contributed by atoms with Crippen LogP contribution in [0.2, 0.25) is 0 Å². The van der Waals surface area contributed by atoms with Gasteiger partial charge in [0.15, 0.2) is 0 Å². The van der Waals surface area contributed by atoms with Gasteiger partial charge in [0.05, 0.1) is 18.8 Å². The monoisotopic (exact) mass is 444 g/mol. The Balaban J connectivity index is 1.29. The van der Waals surface area contributed by atoms with E-state index in [-0.39, 0.29) is 17.6 Å². The zero-order valence-electron chi connectivity index (χ0n) is 18.7. The van der Waals surface area contributed by atoms with Crippen molar-refractivity contribution in [3.05, 3.63) is 71.3 Å². The van der Waals surface area contributed by atoms with Crippen LogP contribution in [0.4, 0.5) is 8.78 Å². The SMILES string of the molecule is OC1(CN2CCOCC2)CCN(CCCC(c2ccc(F)cc2)c2ccc(F)cc2)CC1. The Morgan fingerprint density at radius 2 is 1.34 bits per heavy atom. The molecule has 2 aromatic rings. The van der Waals surface area contributed by atoms with Crippen LogP contribution in [0.15, 0.2) is 48.5 Å². The molecule has 0 unspecified atom stereocenters. The van der Waals surface area contributed by atoms with Crippen LogP contribution in [0.5, 0.6) is 0 Å². The third-order valence-electron chi connectivity index (χ3n) is 6.92. The van der Waals surface area contributed by atoms with Crippen molar-refractivity contribution >= 4 is 0 Å². The molecular formula is C26H34F2N2O2. The van der Waals surface area contributed by atoms with E-state index in [4.69, 9.17) is 4.74 Å². The summed E-state index contributed by atoms with van der Waals surface area (Å²) in [5.74, 6) is -0.381. The van der Waals surface area contributed by atoms with E-state index >= 15 is 0 Å². The van der Waals surface area contributed by atoms with E-state index in [1.54, 1.807) is 0 Å². The molecule has 32 heavy (non-hydrogen) atoms. The van der Waals surface area contributed by atoms with Crippen molar-refractivity contribution in [2.45, 2.75) is 37.2 Å². The van der Waals surface area contributed by atoms with Crippen LogP contribution >= 0.6 is 0 Å². The number of hydrogen-bond acceptors (Lipinski definition) is 4. The standard InChI is InChI=1S/C26H34F2N2O2/c27-23-7-3-21(4-8-23)25(22-5-9-24(28)10-6-22)2-1-13-29-14-11-26(31,12-15-29)20-30-16-18-32-19-17-30/h3-10,25,31H,1-2,11-20H2. The summed E-state index contributed by atoms with van der Waals surface area (Å²) in [6, 6.07) is 13.3. The van der Waals surface area contributed by atoms with Crippen LogP contribution in [-0.2, 0) is 4.74 Å². The number of morpholine rings is 1. The van der Waals surface area contributed by atoms with Gasteiger partial charge in [-0.2, -0.15) is 0 Å². The Morgan fingerprint density at radius 3 is 1.88 bits per heavy atom. The highest BCUT2D eigenvalue weighted by Crippen LogP contribution is 2.30. The highest BCUT2D eigenvalue weighted by Gasteiger charge is 2.34. The Labute approximate surface area is 189 Å². The largest absolute Gasteiger partial charge is 0.388 e. The lowest BCUT2D eigenvalue weighted by Crippen LogP contribution is -2.53. The molecule has 4 nitrogen and oxygen atoms in total. The number of aliphatic hydroxyl groups is 1. The zero-order valence-corrected chi connectivity index (χ0v) is 18.7. The predicted molar refractivity (Wildman–Crippen MR) is 122 cm³/mol. The quantitative estimate of drug-likeness (QED) is 0.667. The first kappa shape index (κ1) is 23.3. The normalized spacial score (nSPS) is 20.0. The van der Waals surface area contributed by atoms with E-state index in [1.165, 1.54) is 24.3 Å². The first-order chi connectivity index (χ1) is 15.5. The summed E-state index contributed by atoms with van der Waals surface area (Å²) >= 11 is 0. The summed E-state index contributed by atoms with van der Waals surface area (Å²) in [6.45, 7) is 6.82. The fourth-order valence-corrected chi connectivity index (χ4v) is 4.96. The summed E-state index contributed by atoms with van der Waals surface area (Å²) in [5.41, 5.74) is 1.51. The highest BCUT2D eigenvalue weighted by molar-refractivity contribution is 5.32. The Kier molecular flexibility index (Phi) is 7.89. The lowest BCUT2D eigenvalue weighted by molar-refractivity contribution is -0.0638. The van der Waals surface area contributed by atoms with Gasteiger partial charge in [-0.25, -0.2) is 8.78 Å². The Hall–Kier alpha value is -1.86. The molecule has 2 aromatic carbocycles. The minimum Gasteiger partial charge on any atom is -0.388 e. The molecule has 174 valence electrons. The zero-order chi connectivity index (χ0) is 22.4. The van der Waals surface area contributed by atoms with Gasteiger partial charge in [0.25, 0.3) is 0 Å². The molecule has 1 N–H and O–H groups in total. The minimum absolute atomic E-state index is 0.110. The first-order valence-electron chi connectivity index (χ1n) is 11.8. The van der Waals surface area contributed by atoms with Crippen LogP contribution in [0.25, 0.3) is 0 Å². The molecule has 0 bridgehead atoms. The number of hydrogen-bond donors (Lipinski definition) is 1. The second-order valence-corrected chi connectivity index (χ2v) is 9.25. The van der Waals surface area contributed by atoms with Crippen molar-refractivity contribution in [1.82, 2.24) is 9.80 Å². The molecule has 2 heterocycles. The molecule has 0 radical (unpaired) electrons. The molecule has 0 aromatic heterocycles. The molecule has 4 rings (SSSR count). The molecule has 2 aliphatic rings.